The molecule has 0 amide bonds. The Hall–Kier alpha value is -1.87. The van der Waals surface area contributed by atoms with Crippen LogP contribution in [0.15, 0.2) is 0 Å². The fourth-order valence-electron chi connectivity index (χ4n) is 2.50. The number of ether oxygens (including phenoxy) is 9. The molecule has 0 aliphatic rings. The number of rotatable bonds is 29. The van der Waals surface area contributed by atoms with E-state index >= 15 is 0 Å². The zero-order chi connectivity index (χ0) is 27.2. The number of aliphatic carboxylic acids is 1. The maximum absolute atomic E-state index is 11.4. The molecule has 13 nitrogen and oxygen atoms in total. The van der Waals surface area contributed by atoms with E-state index in [4.69, 9.17) is 47.7 Å². The Morgan fingerprint density at radius 3 is 1.08 bits per heavy atom. The summed E-state index contributed by atoms with van der Waals surface area (Å²) >= 11 is 0. The molecule has 0 aromatic rings. The summed E-state index contributed by atoms with van der Waals surface area (Å²) in [5.74, 6) is -1.53. The van der Waals surface area contributed by atoms with Crippen molar-refractivity contribution in [3.63, 3.8) is 0 Å². The first-order valence-electron chi connectivity index (χ1n) is 12.6. The molecule has 0 bridgehead atoms. The Kier molecular flexibility index (Phi) is 27.2. The Balaban J connectivity index is 3.11. The van der Waals surface area contributed by atoms with Crippen LogP contribution in [0.1, 0.15) is 32.6 Å². The molecule has 0 aromatic carbocycles. The second-order valence-corrected chi connectivity index (χ2v) is 7.45. The van der Waals surface area contributed by atoms with Gasteiger partial charge < -0.3 is 47.7 Å². The average Bonchev–Trinajstić information content (AvgIpc) is 2.86. The van der Waals surface area contributed by atoms with E-state index in [0.717, 1.165) is 0 Å². The van der Waals surface area contributed by atoms with Gasteiger partial charge in [-0.05, 0) is 12.8 Å². The molecule has 0 radical (unpaired) electrons. The maximum atomic E-state index is 11.4. The van der Waals surface area contributed by atoms with Crippen LogP contribution in [0.2, 0.25) is 0 Å². The molecule has 218 valence electrons. The molecule has 0 aromatic heterocycles. The minimum atomic E-state index is -0.864. The SMILES string of the molecule is CC(=O)OCCOCCOCCOCCOCCOCCOCCOCCOC(=O)CCCCC(=O)O. The molecule has 0 saturated heterocycles. The van der Waals surface area contributed by atoms with Crippen LogP contribution in [-0.2, 0) is 57.0 Å². The molecular formula is C24H44O13. The molecule has 0 rings (SSSR count). The predicted octanol–water partition coefficient (Wildman–Crippen LogP) is 0.854. The highest BCUT2D eigenvalue weighted by Gasteiger charge is 2.04. The highest BCUT2D eigenvalue weighted by atomic mass is 16.6. The van der Waals surface area contributed by atoms with Crippen LogP contribution in [-0.4, -0.2) is 129 Å². The number of carbonyl (C=O) groups is 3. The summed E-state index contributed by atoms with van der Waals surface area (Å²) in [5, 5.41) is 8.52. The van der Waals surface area contributed by atoms with Crippen LogP contribution in [0.3, 0.4) is 0 Å². The molecule has 0 unspecified atom stereocenters. The van der Waals surface area contributed by atoms with E-state index in [1.165, 1.54) is 6.92 Å². The van der Waals surface area contributed by atoms with E-state index in [1.54, 1.807) is 0 Å². The van der Waals surface area contributed by atoms with Crippen molar-refractivity contribution in [3.8, 4) is 0 Å². The highest BCUT2D eigenvalue weighted by Crippen LogP contribution is 2.01. The smallest absolute Gasteiger partial charge is 0.305 e. The van der Waals surface area contributed by atoms with Gasteiger partial charge in [0.25, 0.3) is 0 Å². The molecule has 0 aliphatic heterocycles. The standard InChI is InChI=1S/C24H44O13/c1-22(25)36-20-18-34-16-14-32-12-10-30-8-6-29-7-9-31-11-13-33-15-17-35-19-21-37-24(28)5-3-2-4-23(26)27/h2-21H2,1H3,(H,26,27). The van der Waals surface area contributed by atoms with Crippen molar-refractivity contribution in [1.82, 2.24) is 0 Å². The van der Waals surface area contributed by atoms with Crippen molar-refractivity contribution >= 4 is 17.9 Å². The van der Waals surface area contributed by atoms with Gasteiger partial charge in [-0.1, -0.05) is 0 Å². The second-order valence-electron chi connectivity index (χ2n) is 7.45. The highest BCUT2D eigenvalue weighted by molar-refractivity contribution is 5.69. The van der Waals surface area contributed by atoms with Crippen molar-refractivity contribution in [2.24, 2.45) is 0 Å². The van der Waals surface area contributed by atoms with Crippen LogP contribution >= 0.6 is 0 Å². The number of carbonyl (C=O) groups excluding carboxylic acids is 2. The number of hydrogen-bond acceptors (Lipinski definition) is 12. The summed E-state index contributed by atoms with van der Waals surface area (Å²) in [6.07, 6.45) is 1.23. The van der Waals surface area contributed by atoms with Gasteiger partial charge in [0.2, 0.25) is 0 Å². The lowest BCUT2D eigenvalue weighted by molar-refractivity contribution is -0.146. The Labute approximate surface area is 218 Å². The lowest BCUT2D eigenvalue weighted by Crippen LogP contribution is -2.15. The second kappa shape index (κ2) is 28.7. The number of hydrogen-bond donors (Lipinski definition) is 1. The number of carboxylic acid groups (broad SMARTS) is 1. The molecule has 0 atom stereocenters. The van der Waals surface area contributed by atoms with Gasteiger partial charge in [-0.3, -0.25) is 14.4 Å². The fourth-order valence-corrected chi connectivity index (χ4v) is 2.50. The lowest BCUT2D eigenvalue weighted by atomic mass is 10.2. The van der Waals surface area contributed by atoms with Gasteiger partial charge in [-0.25, -0.2) is 0 Å². The van der Waals surface area contributed by atoms with Crippen LogP contribution in [0.5, 0.6) is 0 Å². The van der Waals surface area contributed by atoms with Gasteiger partial charge in [0, 0.05) is 19.8 Å². The first-order valence-corrected chi connectivity index (χ1v) is 12.6. The third kappa shape index (κ3) is 32.1. The summed E-state index contributed by atoms with van der Waals surface area (Å²) < 4.78 is 47.2. The molecular weight excluding hydrogens is 496 g/mol. The molecule has 13 heteroatoms. The Bertz CT molecular complexity index is 545. The van der Waals surface area contributed by atoms with Crippen molar-refractivity contribution in [2.45, 2.75) is 32.6 Å². The van der Waals surface area contributed by atoms with Gasteiger partial charge >= 0.3 is 17.9 Å². The average molecular weight is 541 g/mol. The van der Waals surface area contributed by atoms with Crippen molar-refractivity contribution in [3.05, 3.63) is 0 Å². The molecule has 37 heavy (non-hydrogen) atoms. The number of carboxylic acids is 1. The van der Waals surface area contributed by atoms with Crippen LogP contribution in [0, 0.1) is 0 Å². The molecule has 0 spiro atoms. The van der Waals surface area contributed by atoms with Gasteiger partial charge in [0.05, 0.1) is 92.5 Å². The van der Waals surface area contributed by atoms with Crippen LogP contribution in [0.25, 0.3) is 0 Å². The maximum Gasteiger partial charge on any atom is 0.305 e. The number of esters is 2. The Morgan fingerprint density at radius 1 is 0.459 bits per heavy atom. The summed E-state index contributed by atoms with van der Waals surface area (Å²) in [4.78, 5) is 32.4. The molecule has 0 aliphatic carbocycles. The molecule has 0 fully saturated rings. The third-order valence-corrected chi connectivity index (χ3v) is 4.28. The monoisotopic (exact) mass is 540 g/mol. The van der Waals surface area contributed by atoms with Crippen LogP contribution in [0.4, 0.5) is 0 Å². The third-order valence-electron chi connectivity index (χ3n) is 4.28. The zero-order valence-corrected chi connectivity index (χ0v) is 22.0. The Morgan fingerprint density at radius 2 is 0.757 bits per heavy atom. The minimum absolute atomic E-state index is 0.0596. The van der Waals surface area contributed by atoms with E-state index in [-0.39, 0.29) is 44.6 Å². The summed E-state index contributed by atoms with van der Waals surface area (Å²) in [6.45, 7) is 7.76. The first kappa shape index (κ1) is 35.1. The summed E-state index contributed by atoms with van der Waals surface area (Å²) in [5.41, 5.74) is 0. The normalized spacial score (nSPS) is 10.9. The summed E-state index contributed by atoms with van der Waals surface area (Å²) in [7, 11) is 0. The minimum Gasteiger partial charge on any atom is -0.481 e. The molecule has 0 heterocycles. The van der Waals surface area contributed by atoms with Crippen molar-refractivity contribution in [2.75, 3.05) is 106 Å². The van der Waals surface area contributed by atoms with Crippen molar-refractivity contribution < 1.29 is 62.1 Å². The van der Waals surface area contributed by atoms with E-state index in [0.29, 0.717) is 98.7 Å². The van der Waals surface area contributed by atoms with Gasteiger partial charge in [0.15, 0.2) is 0 Å². The molecule has 0 saturated carbocycles. The van der Waals surface area contributed by atoms with E-state index in [1.807, 2.05) is 0 Å². The fraction of sp³-hybridized carbons (Fsp3) is 0.875. The lowest BCUT2D eigenvalue weighted by Gasteiger charge is -2.09. The van der Waals surface area contributed by atoms with Gasteiger partial charge in [-0.2, -0.15) is 0 Å². The van der Waals surface area contributed by atoms with Crippen molar-refractivity contribution in [1.29, 1.82) is 0 Å². The number of unbranched alkanes of at least 4 members (excludes halogenated alkanes) is 1. The summed E-state index contributed by atoms with van der Waals surface area (Å²) in [6, 6.07) is 0. The van der Waals surface area contributed by atoms with Gasteiger partial charge in [0.1, 0.15) is 13.2 Å². The topological polar surface area (TPSA) is 155 Å². The van der Waals surface area contributed by atoms with E-state index in [2.05, 4.69) is 0 Å². The van der Waals surface area contributed by atoms with E-state index < -0.39 is 5.97 Å². The van der Waals surface area contributed by atoms with Crippen LogP contribution < -0.4 is 0 Å². The predicted molar refractivity (Wildman–Crippen MR) is 129 cm³/mol. The van der Waals surface area contributed by atoms with Gasteiger partial charge in [-0.15, -0.1) is 0 Å². The van der Waals surface area contributed by atoms with E-state index in [9.17, 15) is 14.4 Å². The molecule has 1 N–H and O–H groups in total. The first-order chi connectivity index (χ1) is 18.0. The largest absolute Gasteiger partial charge is 0.481 e. The zero-order valence-electron chi connectivity index (χ0n) is 22.0. The quantitative estimate of drug-likeness (QED) is 0.105.